The minimum absolute atomic E-state index is 0.00630. The Labute approximate surface area is 158 Å². The molecule has 1 N–H and O–H groups in total. The molecular formula is C23H22O2S. The van der Waals surface area contributed by atoms with Crippen molar-refractivity contribution in [3.05, 3.63) is 93.2 Å². The second-order valence-corrected chi connectivity index (χ2v) is 7.56. The molecule has 0 radical (unpaired) electrons. The van der Waals surface area contributed by atoms with E-state index in [9.17, 15) is 5.11 Å². The van der Waals surface area contributed by atoms with Crippen LogP contribution in [-0.4, -0.2) is 11.2 Å². The summed E-state index contributed by atoms with van der Waals surface area (Å²) in [6, 6.07) is 20.7. The molecule has 2 aromatic carbocycles. The topological polar surface area (TPSA) is 29.5 Å². The normalized spacial score (nSPS) is 17.6. The maximum Gasteiger partial charge on any atom is 0.147 e. The maximum absolute atomic E-state index is 11.0. The molecular weight excluding hydrogens is 340 g/mol. The molecule has 0 amide bonds. The first-order valence-electron chi connectivity index (χ1n) is 8.99. The number of rotatable bonds is 4. The van der Waals surface area contributed by atoms with Crippen molar-refractivity contribution in [2.45, 2.75) is 32.3 Å². The molecule has 132 valence electrons. The van der Waals surface area contributed by atoms with E-state index < -0.39 is 6.10 Å². The van der Waals surface area contributed by atoms with Crippen molar-refractivity contribution in [1.82, 2.24) is 0 Å². The molecule has 4 rings (SSSR count). The Kier molecular flexibility index (Phi) is 4.66. The van der Waals surface area contributed by atoms with E-state index in [1.54, 1.807) is 11.3 Å². The number of benzene rings is 2. The fourth-order valence-corrected chi connectivity index (χ4v) is 4.42. The average molecular weight is 362 g/mol. The first-order chi connectivity index (χ1) is 12.7. The number of aryl methyl sites for hydroxylation is 1. The fraction of sp³-hybridized carbons (Fsp3) is 0.217. The molecule has 3 heteroatoms. The van der Waals surface area contributed by atoms with Gasteiger partial charge in [0.1, 0.15) is 11.5 Å². The summed E-state index contributed by atoms with van der Waals surface area (Å²) >= 11 is 1.64. The van der Waals surface area contributed by atoms with E-state index in [4.69, 9.17) is 4.74 Å². The Morgan fingerprint density at radius 1 is 1.00 bits per heavy atom. The molecule has 0 saturated carbocycles. The number of para-hydroxylation sites is 1. The van der Waals surface area contributed by atoms with E-state index in [1.165, 1.54) is 11.1 Å². The highest BCUT2D eigenvalue weighted by Crippen LogP contribution is 2.48. The van der Waals surface area contributed by atoms with E-state index in [0.717, 1.165) is 27.5 Å². The van der Waals surface area contributed by atoms with Gasteiger partial charge >= 0.3 is 0 Å². The second kappa shape index (κ2) is 7.10. The summed E-state index contributed by atoms with van der Waals surface area (Å²) in [5.74, 6) is 1.67. The summed E-state index contributed by atoms with van der Waals surface area (Å²) in [6.07, 6.45) is 0.100. The molecule has 2 heterocycles. The molecule has 2 nitrogen and oxygen atoms in total. The molecule has 1 aliphatic rings. The quantitative estimate of drug-likeness (QED) is 0.639. The number of aliphatic hydroxyl groups is 1. The molecule has 2 unspecified atom stereocenters. The molecule has 0 fully saturated rings. The Balaban J connectivity index is 2.01. The third-order valence-electron chi connectivity index (χ3n) is 5.01. The lowest BCUT2D eigenvalue weighted by atomic mass is 9.77. The van der Waals surface area contributed by atoms with Crippen LogP contribution in [0.25, 0.3) is 5.76 Å². The molecule has 0 spiro atoms. The Bertz CT molecular complexity index is 940. The molecule has 26 heavy (non-hydrogen) atoms. The van der Waals surface area contributed by atoms with Crippen molar-refractivity contribution in [2.75, 3.05) is 0 Å². The zero-order valence-electron chi connectivity index (χ0n) is 15.0. The summed E-state index contributed by atoms with van der Waals surface area (Å²) < 4.78 is 6.33. The zero-order chi connectivity index (χ0) is 18.1. The second-order valence-electron chi connectivity index (χ2n) is 6.62. The van der Waals surface area contributed by atoms with Crippen LogP contribution in [0.1, 0.15) is 40.8 Å². The van der Waals surface area contributed by atoms with E-state index in [-0.39, 0.29) is 5.92 Å². The van der Waals surface area contributed by atoms with Crippen LogP contribution in [-0.2, 0) is 0 Å². The highest BCUT2D eigenvalue weighted by molar-refractivity contribution is 7.11. The van der Waals surface area contributed by atoms with Gasteiger partial charge in [-0.15, -0.1) is 11.3 Å². The van der Waals surface area contributed by atoms with Gasteiger partial charge in [0.15, 0.2) is 0 Å². The standard InChI is InChI=1S/C23H22O2S/c1-3-18(24)22-21(16-10-5-4-9-15(16)2)17-11-6-7-12-19(17)25-23(22)20-13-8-14-26-20/h4-14,18,21,24H,3H2,1-2H3. The van der Waals surface area contributed by atoms with Crippen molar-refractivity contribution in [3.8, 4) is 5.75 Å². The number of thiophene rings is 1. The Morgan fingerprint density at radius 3 is 2.42 bits per heavy atom. The molecule has 0 saturated heterocycles. The number of ether oxygens (including phenoxy) is 1. The monoisotopic (exact) mass is 362 g/mol. The minimum Gasteiger partial charge on any atom is -0.455 e. The third kappa shape index (κ3) is 2.87. The zero-order valence-corrected chi connectivity index (χ0v) is 15.8. The van der Waals surface area contributed by atoms with E-state index >= 15 is 0 Å². The van der Waals surface area contributed by atoms with Gasteiger partial charge in [-0.05, 0) is 42.0 Å². The van der Waals surface area contributed by atoms with E-state index in [0.29, 0.717) is 6.42 Å². The van der Waals surface area contributed by atoms with Gasteiger partial charge in [0.05, 0.1) is 11.0 Å². The minimum atomic E-state index is -0.551. The molecule has 3 aromatic rings. The van der Waals surface area contributed by atoms with Gasteiger partial charge in [-0.25, -0.2) is 0 Å². The molecule has 2 atom stereocenters. The van der Waals surface area contributed by atoms with Crippen LogP contribution in [0.2, 0.25) is 0 Å². The van der Waals surface area contributed by atoms with Crippen molar-refractivity contribution >= 4 is 17.1 Å². The molecule has 1 aromatic heterocycles. The smallest absolute Gasteiger partial charge is 0.147 e. The van der Waals surface area contributed by atoms with Crippen LogP contribution in [0.4, 0.5) is 0 Å². The molecule has 1 aliphatic heterocycles. The van der Waals surface area contributed by atoms with Crippen LogP contribution >= 0.6 is 11.3 Å². The van der Waals surface area contributed by atoms with Gasteiger partial charge < -0.3 is 9.84 Å². The number of aliphatic hydroxyl groups excluding tert-OH is 1. The Hall–Kier alpha value is -2.36. The SMILES string of the molecule is CCC(O)C1=C(c2cccs2)Oc2ccccc2C1c1ccccc1C. The number of hydrogen-bond donors (Lipinski definition) is 1. The molecule has 0 aliphatic carbocycles. The van der Waals surface area contributed by atoms with Crippen LogP contribution in [0.15, 0.2) is 71.6 Å². The maximum atomic E-state index is 11.0. The largest absolute Gasteiger partial charge is 0.455 e. The highest BCUT2D eigenvalue weighted by atomic mass is 32.1. The lowest BCUT2D eigenvalue weighted by Crippen LogP contribution is -2.24. The predicted octanol–water partition coefficient (Wildman–Crippen LogP) is 5.76. The van der Waals surface area contributed by atoms with Crippen molar-refractivity contribution in [3.63, 3.8) is 0 Å². The van der Waals surface area contributed by atoms with Gasteiger partial charge in [0, 0.05) is 17.1 Å². The van der Waals surface area contributed by atoms with Gasteiger partial charge in [0.25, 0.3) is 0 Å². The van der Waals surface area contributed by atoms with Crippen LogP contribution in [0.3, 0.4) is 0 Å². The van der Waals surface area contributed by atoms with Crippen LogP contribution < -0.4 is 4.74 Å². The van der Waals surface area contributed by atoms with Gasteiger partial charge in [-0.3, -0.25) is 0 Å². The predicted molar refractivity (Wildman–Crippen MR) is 108 cm³/mol. The first kappa shape index (κ1) is 17.1. The summed E-state index contributed by atoms with van der Waals surface area (Å²) in [7, 11) is 0. The summed E-state index contributed by atoms with van der Waals surface area (Å²) in [4.78, 5) is 1.06. The first-order valence-corrected chi connectivity index (χ1v) is 9.87. The average Bonchev–Trinajstić information content (AvgIpc) is 3.21. The van der Waals surface area contributed by atoms with Crippen LogP contribution in [0, 0.1) is 6.92 Å². The van der Waals surface area contributed by atoms with Crippen molar-refractivity contribution < 1.29 is 9.84 Å². The third-order valence-corrected chi connectivity index (χ3v) is 5.87. The fourth-order valence-electron chi connectivity index (χ4n) is 3.69. The summed E-state index contributed by atoms with van der Waals surface area (Å²) in [5.41, 5.74) is 4.52. The van der Waals surface area contributed by atoms with E-state index in [2.05, 4.69) is 43.3 Å². The number of fused-ring (bicyclic) bond motifs is 1. The molecule has 0 bridgehead atoms. The van der Waals surface area contributed by atoms with Gasteiger partial charge in [-0.1, -0.05) is 55.5 Å². The van der Waals surface area contributed by atoms with Gasteiger partial charge in [-0.2, -0.15) is 0 Å². The van der Waals surface area contributed by atoms with Crippen molar-refractivity contribution in [1.29, 1.82) is 0 Å². The highest BCUT2D eigenvalue weighted by Gasteiger charge is 2.35. The lowest BCUT2D eigenvalue weighted by molar-refractivity contribution is 0.197. The Morgan fingerprint density at radius 2 is 1.73 bits per heavy atom. The van der Waals surface area contributed by atoms with E-state index in [1.807, 2.05) is 36.6 Å². The summed E-state index contributed by atoms with van der Waals surface area (Å²) in [6.45, 7) is 4.15. The number of hydrogen-bond acceptors (Lipinski definition) is 3. The van der Waals surface area contributed by atoms with Crippen molar-refractivity contribution in [2.24, 2.45) is 0 Å². The van der Waals surface area contributed by atoms with Gasteiger partial charge in [0.2, 0.25) is 0 Å². The van der Waals surface area contributed by atoms with Crippen LogP contribution in [0.5, 0.6) is 5.75 Å². The summed E-state index contributed by atoms with van der Waals surface area (Å²) in [5, 5.41) is 13.0. The lowest BCUT2D eigenvalue weighted by Gasteiger charge is -2.33.